The van der Waals surface area contributed by atoms with Crippen LogP contribution in [-0.2, 0) is 28.1 Å². The molecule has 0 bridgehead atoms. The summed E-state index contributed by atoms with van der Waals surface area (Å²) in [6.07, 6.45) is 7.09. The fraction of sp³-hybridized carbons (Fsp3) is 0.444. The zero-order valence-corrected chi connectivity index (χ0v) is 15.4. The van der Waals surface area contributed by atoms with Crippen molar-refractivity contribution in [3.8, 4) is 0 Å². The lowest BCUT2D eigenvalue weighted by Gasteiger charge is -2.31. The number of piperidine rings is 1. The van der Waals surface area contributed by atoms with E-state index in [-0.39, 0.29) is 10.8 Å². The third-order valence-corrected chi connectivity index (χ3v) is 5.91. The van der Waals surface area contributed by atoms with Gasteiger partial charge in [0.25, 0.3) is 0 Å². The fourth-order valence-electron chi connectivity index (χ4n) is 3.30. The average Bonchev–Trinajstić information content (AvgIpc) is 3.01. The minimum absolute atomic E-state index is 0.0883. The molecule has 0 spiro atoms. The number of amides is 1. The van der Waals surface area contributed by atoms with Crippen molar-refractivity contribution in [2.75, 3.05) is 19.3 Å². The molecule has 0 unspecified atom stereocenters. The highest BCUT2D eigenvalue weighted by Gasteiger charge is 2.25. The molecule has 1 saturated heterocycles. The van der Waals surface area contributed by atoms with Gasteiger partial charge in [-0.25, -0.2) is 13.4 Å². The molecule has 1 amide bonds. The number of hydrogen-bond donors (Lipinski definition) is 0. The first-order chi connectivity index (χ1) is 11.8. The van der Waals surface area contributed by atoms with E-state index in [9.17, 15) is 13.2 Å². The van der Waals surface area contributed by atoms with E-state index in [0.717, 1.165) is 37.3 Å². The molecule has 1 aromatic carbocycles. The monoisotopic (exact) mass is 361 g/mol. The SMILES string of the molecule is Cn1ccnc1C1CCN(C(=O)Cc2ccc(S(C)(=O)=O)cc2)CC1. The Hall–Kier alpha value is -2.15. The van der Waals surface area contributed by atoms with Crippen molar-refractivity contribution >= 4 is 15.7 Å². The van der Waals surface area contributed by atoms with E-state index in [4.69, 9.17) is 0 Å². The Morgan fingerprint density at radius 1 is 1.20 bits per heavy atom. The Morgan fingerprint density at radius 3 is 2.36 bits per heavy atom. The molecular weight excluding hydrogens is 338 g/mol. The summed E-state index contributed by atoms with van der Waals surface area (Å²) in [6, 6.07) is 6.56. The third kappa shape index (κ3) is 4.10. The minimum atomic E-state index is -3.20. The number of rotatable bonds is 4. The van der Waals surface area contributed by atoms with Gasteiger partial charge >= 0.3 is 0 Å². The van der Waals surface area contributed by atoms with Crippen LogP contribution >= 0.6 is 0 Å². The van der Waals surface area contributed by atoms with Crippen molar-refractivity contribution in [1.82, 2.24) is 14.5 Å². The summed E-state index contributed by atoms with van der Waals surface area (Å²) < 4.78 is 25.0. The molecule has 0 saturated carbocycles. The molecule has 2 aromatic rings. The summed E-state index contributed by atoms with van der Waals surface area (Å²) in [4.78, 5) is 19.1. The zero-order valence-electron chi connectivity index (χ0n) is 14.6. The van der Waals surface area contributed by atoms with Gasteiger partial charge in [-0.3, -0.25) is 4.79 Å². The second-order valence-corrected chi connectivity index (χ2v) is 8.66. The Balaban J connectivity index is 1.57. The Labute approximate surface area is 148 Å². The quantitative estimate of drug-likeness (QED) is 0.832. The van der Waals surface area contributed by atoms with Gasteiger partial charge < -0.3 is 9.47 Å². The van der Waals surface area contributed by atoms with E-state index >= 15 is 0 Å². The molecule has 1 aliphatic heterocycles. The van der Waals surface area contributed by atoms with Gasteiger partial charge in [0, 0.05) is 44.7 Å². The van der Waals surface area contributed by atoms with E-state index in [0.29, 0.717) is 12.3 Å². The van der Waals surface area contributed by atoms with Crippen molar-refractivity contribution in [1.29, 1.82) is 0 Å². The fourth-order valence-corrected chi connectivity index (χ4v) is 3.93. The molecule has 25 heavy (non-hydrogen) atoms. The molecule has 0 aliphatic carbocycles. The van der Waals surface area contributed by atoms with Gasteiger partial charge in [-0.05, 0) is 30.5 Å². The maximum Gasteiger partial charge on any atom is 0.226 e. The van der Waals surface area contributed by atoms with Crippen LogP contribution in [-0.4, -0.2) is 48.1 Å². The molecule has 0 radical (unpaired) electrons. The lowest BCUT2D eigenvalue weighted by atomic mass is 9.95. The number of benzene rings is 1. The summed E-state index contributed by atoms with van der Waals surface area (Å²) in [5.74, 6) is 1.58. The summed E-state index contributed by atoms with van der Waals surface area (Å²) in [5, 5.41) is 0. The van der Waals surface area contributed by atoms with Crippen LogP contribution in [0.1, 0.15) is 30.1 Å². The number of imidazole rings is 1. The van der Waals surface area contributed by atoms with Crippen LogP contribution in [0, 0.1) is 0 Å². The number of sulfone groups is 1. The largest absolute Gasteiger partial charge is 0.342 e. The predicted octanol–water partition coefficient (Wildman–Crippen LogP) is 1.77. The van der Waals surface area contributed by atoms with Gasteiger partial charge in [0.05, 0.1) is 11.3 Å². The van der Waals surface area contributed by atoms with Gasteiger partial charge in [-0.1, -0.05) is 12.1 Å². The Bertz CT molecular complexity index is 848. The van der Waals surface area contributed by atoms with Crippen LogP contribution in [0.25, 0.3) is 0 Å². The number of aromatic nitrogens is 2. The molecule has 7 heteroatoms. The van der Waals surface area contributed by atoms with Gasteiger partial charge in [0.2, 0.25) is 5.91 Å². The van der Waals surface area contributed by atoms with Crippen LogP contribution < -0.4 is 0 Å². The van der Waals surface area contributed by atoms with E-state index < -0.39 is 9.84 Å². The second-order valence-electron chi connectivity index (χ2n) is 6.64. The van der Waals surface area contributed by atoms with Crippen LogP contribution in [0.2, 0.25) is 0 Å². The van der Waals surface area contributed by atoms with E-state index in [2.05, 4.69) is 4.98 Å². The molecule has 1 aromatic heterocycles. The topological polar surface area (TPSA) is 72.3 Å². The van der Waals surface area contributed by atoms with Crippen LogP contribution in [0.15, 0.2) is 41.6 Å². The summed E-state index contributed by atoms with van der Waals surface area (Å²) in [6.45, 7) is 1.47. The molecule has 3 rings (SSSR count). The standard InChI is InChI=1S/C18H23N3O3S/c1-20-12-9-19-18(20)15-7-10-21(11-8-15)17(22)13-14-3-5-16(6-4-14)25(2,23)24/h3-6,9,12,15H,7-8,10-11,13H2,1-2H3. The number of likely N-dealkylation sites (tertiary alicyclic amines) is 1. The van der Waals surface area contributed by atoms with Gasteiger partial charge in [-0.2, -0.15) is 0 Å². The van der Waals surface area contributed by atoms with Crippen LogP contribution in [0.4, 0.5) is 0 Å². The minimum Gasteiger partial charge on any atom is -0.342 e. The number of carbonyl (C=O) groups excluding carboxylic acids is 1. The van der Waals surface area contributed by atoms with Crippen molar-refractivity contribution < 1.29 is 13.2 Å². The molecule has 1 fully saturated rings. The molecular formula is C18H23N3O3S. The van der Waals surface area contributed by atoms with Crippen molar-refractivity contribution in [3.05, 3.63) is 48.0 Å². The maximum absolute atomic E-state index is 12.5. The normalized spacial score (nSPS) is 16.2. The number of nitrogens with zero attached hydrogens (tertiary/aromatic N) is 3. The number of hydrogen-bond acceptors (Lipinski definition) is 4. The summed E-state index contributed by atoms with van der Waals surface area (Å²) in [7, 11) is -1.20. The lowest BCUT2D eigenvalue weighted by Crippen LogP contribution is -2.39. The van der Waals surface area contributed by atoms with E-state index in [1.807, 2.05) is 28.9 Å². The molecule has 1 aliphatic rings. The van der Waals surface area contributed by atoms with E-state index in [1.165, 1.54) is 6.26 Å². The predicted molar refractivity (Wildman–Crippen MR) is 95.0 cm³/mol. The first-order valence-corrected chi connectivity index (χ1v) is 10.3. The van der Waals surface area contributed by atoms with Gasteiger partial charge in [0.15, 0.2) is 9.84 Å². The second kappa shape index (κ2) is 7.00. The summed E-state index contributed by atoms with van der Waals surface area (Å²) >= 11 is 0. The Morgan fingerprint density at radius 2 is 1.84 bits per heavy atom. The number of carbonyl (C=O) groups is 1. The van der Waals surface area contributed by atoms with Crippen molar-refractivity contribution in [2.24, 2.45) is 7.05 Å². The molecule has 134 valence electrons. The highest BCUT2D eigenvalue weighted by Crippen LogP contribution is 2.26. The molecule has 0 N–H and O–H groups in total. The van der Waals surface area contributed by atoms with Gasteiger partial charge in [-0.15, -0.1) is 0 Å². The Kier molecular flexibility index (Phi) is 4.94. The first kappa shape index (κ1) is 17.7. The van der Waals surface area contributed by atoms with Gasteiger partial charge in [0.1, 0.15) is 5.82 Å². The van der Waals surface area contributed by atoms with E-state index in [1.54, 1.807) is 24.3 Å². The maximum atomic E-state index is 12.5. The number of aryl methyl sites for hydroxylation is 1. The zero-order chi connectivity index (χ0) is 18.0. The first-order valence-electron chi connectivity index (χ1n) is 8.38. The van der Waals surface area contributed by atoms with Crippen molar-refractivity contribution in [2.45, 2.75) is 30.1 Å². The summed E-state index contributed by atoms with van der Waals surface area (Å²) in [5.41, 5.74) is 0.837. The van der Waals surface area contributed by atoms with Crippen LogP contribution in [0.5, 0.6) is 0 Å². The molecule has 6 nitrogen and oxygen atoms in total. The highest BCUT2D eigenvalue weighted by atomic mass is 32.2. The van der Waals surface area contributed by atoms with Crippen LogP contribution in [0.3, 0.4) is 0 Å². The molecule has 0 atom stereocenters. The smallest absolute Gasteiger partial charge is 0.226 e. The highest BCUT2D eigenvalue weighted by molar-refractivity contribution is 7.90. The molecule has 2 heterocycles. The average molecular weight is 361 g/mol. The van der Waals surface area contributed by atoms with Crippen molar-refractivity contribution in [3.63, 3.8) is 0 Å². The third-order valence-electron chi connectivity index (χ3n) is 4.78. The lowest BCUT2D eigenvalue weighted by molar-refractivity contribution is -0.131.